The van der Waals surface area contributed by atoms with Crippen LogP contribution in [-0.2, 0) is 25.2 Å². The number of nitrogens with one attached hydrogen (secondary N) is 1. The maximum atomic E-state index is 13.0. The zero-order valence-corrected chi connectivity index (χ0v) is 14.1. The van der Waals surface area contributed by atoms with Gasteiger partial charge in [0.25, 0.3) is 0 Å². The molecule has 2 nitrogen and oxygen atoms in total. The summed E-state index contributed by atoms with van der Waals surface area (Å²) in [4.78, 5) is 6.77. The van der Waals surface area contributed by atoms with Crippen molar-refractivity contribution < 1.29 is 30.7 Å². The second-order valence-electron chi connectivity index (χ2n) is 6.16. The molecular weight excluding hydrogens is 389 g/mol. The van der Waals surface area contributed by atoms with Crippen LogP contribution in [0, 0.1) is 5.82 Å². The lowest BCUT2D eigenvalue weighted by atomic mass is 10.0. The van der Waals surface area contributed by atoms with Crippen molar-refractivity contribution in [1.29, 1.82) is 0 Å². The summed E-state index contributed by atoms with van der Waals surface area (Å²) in [6.45, 7) is 0. The minimum absolute atomic E-state index is 0.0470. The number of alkyl halides is 6. The fourth-order valence-corrected chi connectivity index (χ4v) is 2.66. The van der Waals surface area contributed by atoms with Crippen molar-refractivity contribution in [3.63, 3.8) is 0 Å². The third-order valence-corrected chi connectivity index (χ3v) is 4.09. The number of rotatable bonds is 4. The molecule has 0 spiro atoms. The highest BCUT2D eigenvalue weighted by Gasteiger charge is 2.37. The van der Waals surface area contributed by atoms with Crippen molar-refractivity contribution >= 4 is 0 Å². The molecule has 1 heterocycles. The molecule has 0 amide bonds. The Kier molecular flexibility index (Phi) is 5.18. The molecule has 1 aromatic heterocycles. The molecular formula is C19H13F7N2. The first-order valence-electron chi connectivity index (χ1n) is 8.10. The third-order valence-electron chi connectivity index (χ3n) is 4.09. The van der Waals surface area contributed by atoms with E-state index in [2.05, 4.69) is 9.97 Å². The molecule has 148 valence electrons. The molecule has 3 rings (SSSR count). The molecule has 0 fully saturated rings. The zero-order chi connectivity index (χ0) is 20.5. The molecule has 0 aliphatic rings. The van der Waals surface area contributed by atoms with Gasteiger partial charge in [0.15, 0.2) is 0 Å². The van der Waals surface area contributed by atoms with Gasteiger partial charge in [-0.15, -0.1) is 0 Å². The summed E-state index contributed by atoms with van der Waals surface area (Å²) < 4.78 is 90.7. The second-order valence-corrected chi connectivity index (χ2v) is 6.16. The average molecular weight is 402 g/mol. The number of aryl methyl sites for hydroxylation is 2. The van der Waals surface area contributed by atoms with Crippen molar-refractivity contribution in [2.24, 2.45) is 0 Å². The summed E-state index contributed by atoms with van der Waals surface area (Å²) in [5.41, 5.74) is -2.18. The first-order valence-corrected chi connectivity index (χ1v) is 8.10. The number of imidazole rings is 1. The van der Waals surface area contributed by atoms with Gasteiger partial charge < -0.3 is 4.98 Å². The minimum Gasteiger partial charge on any atom is -0.342 e. The van der Waals surface area contributed by atoms with Crippen LogP contribution in [0.2, 0.25) is 0 Å². The largest absolute Gasteiger partial charge is 0.416 e. The molecule has 0 atom stereocenters. The van der Waals surface area contributed by atoms with E-state index in [4.69, 9.17) is 0 Å². The van der Waals surface area contributed by atoms with Crippen LogP contribution in [-0.4, -0.2) is 9.97 Å². The van der Waals surface area contributed by atoms with Crippen molar-refractivity contribution in [3.05, 3.63) is 77.0 Å². The lowest BCUT2D eigenvalue weighted by molar-refractivity contribution is -0.143. The van der Waals surface area contributed by atoms with E-state index < -0.39 is 23.5 Å². The smallest absolute Gasteiger partial charge is 0.342 e. The third kappa shape index (κ3) is 4.71. The molecule has 0 saturated heterocycles. The predicted octanol–water partition coefficient (Wildman–Crippen LogP) is 6.04. The first kappa shape index (κ1) is 19.9. The summed E-state index contributed by atoms with van der Waals surface area (Å²) in [5.74, 6) is 0.0133. The fraction of sp³-hybridized carbons (Fsp3) is 0.211. The number of nitrogens with zero attached hydrogens (tertiary/aromatic N) is 1. The second kappa shape index (κ2) is 7.29. The number of hydrogen-bond donors (Lipinski definition) is 1. The summed E-state index contributed by atoms with van der Waals surface area (Å²) in [7, 11) is 0. The van der Waals surface area contributed by atoms with Gasteiger partial charge in [0.2, 0.25) is 0 Å². The number of halogens is 7. The predicted molar refractivity (Wildman–Crippen MR) is 87.8 cm³/mol. The molecule has 0 bridgehead atoms. The maximum Gasteiger partial charge on any atom is 0.416 e. The van der Waals surface area contributed by atoms with Gasteiger partial charge in [-0.3, -0.25) is 0 Å². The van der Waals surface area contributed by atoms with Crippen LogP contribution < -0.4 is 0 Å². The number of aromatic nitrogens is 2. The van der Waals surface area contributed by atoms with Crippen LogP contribution in [0.4, 0.5) is 30.7 Å². The highest BCUT2D eigenvalue weighted by Crippen LogP contribution is 2.38. The molecule has 0 saturated carbocycles. The normalized spacial score (nSPS) is 12.4. The molecule has 0 radical (unpaired) electrons. The van der Waals surface area contributed by atoms with Gasteiger partial charge in [-0.25, -0.2) is 9.37 Å². The van der Waals surface area contributed by atoms with E-state index in [0.717, 1.165) is 5.56 Å². The average Bonchev–Trinajstić information content (AvgIpc) is 3.08. The minimum atomic E-state index is -4.92. The van der Waals surface area contributed by atoms with Gasteiger partial charge in [0.1, 0.15) is 11.6 Å². The van der Waals surface area contributed by atoms with Crippen LogP contribution in [0.3, 0.4) is 0 Å². The van der Waals surface area contributed by atoms with Crippen LogP contribution in [0.1, 0.15) is 22.5 Å². The van der Waals surface area contributed by atoms with Gasteiger partial charge >= 0.3 is 12.4 Å². The molecule has 0 aliphatic heterocycles. The number of hydrogen-bond acceptors (Lipinski definition) is 1. The van der Waals surface area contributed by atoms with E-state index in [0.29, 0.717) is 30.8 Å². The standard InChI is InChI=1S/C19H13F7N2/c20-15-4-1-11(2-5-15)3-6-17-27-10-16(28-17)12-7-13(18(21,22)23)9-14(8-12)19(24,25)26/h1-2,4-5,7-10H,3,6H2,(H,27,28). The molecule has 2 aromatic carbocycles. The summed E-state index contributed by atoms with van der Waals surface area (Å²) >= 11 is 0. The Labute approximate surface area is 155 Å². The van der Waals surface area contributed by atoms with E-state index in [1.54, 1.807) is 12.1 Å². The SMILES string of the molecule is Fc1ccc(CCc2ncc(-c3cc(C(F)(F)F)cc(C(F)(F)F)c3)[nH]2)cc1. The quantitative estimate of drug-likeness (QED) is 0.530. The summed E-state index contributed by atoms with van der Waals surface area (Å²) in [6.07, 6.45) is -7.81. The van der Waals surface area contributed by atoms with Gasteiger partial charge in [-0.05, 0) is 42.3 Å². The lowest BCUT2D eigenvalue weighted by Gasteiger charge is -2.13. The van der Waals surface area contributed by atoms with E-state index in [1.165, 1.54) is 18.3 Å². The van der Waals surface area contributed by atoms with Crippen LogP contribution in [0.25, 0.3) is 11.3 Å². The number of H-pyrrole nitrogens is 1. The van der Waals surface area contributed by atoms with E-state index >= 15 is 0 Å². The Bertz CT molecular complexity index is 921. The Morgan fingerprint density at radius 3 is 1.89 bits per heavy atom. The first-order chi connectivity index (χ1) is 13.0. The molecule has 0 aliphatic carbocycles. The van der Waals surface area contributed by atoms with E-state index in [1.807, 2.05) is 0 Å². The van der Waals surface area contributed by atoms with Crippen molar-refractivity contribution in [1.82, 2.24) is 9.97 Å². The van der Waals surface area contributed by atoms with E-state index in [9.17, 15) is 30.7 Å². The van der Waals surface area contributed by atoms with Crippen molar-refractivity contribution in [3.8, 4) is 11.3 Å². The monoisotopic (exact) mass is 402 g/mol. The van der Waals surface area contributed by atoms with E-state index in [-0.39, 0.29) is 23.1 Å². The Balaban J connectivity index is 1.86. The Hall–Kier alpha value is -2.84. The summed E-state index contributed by atoms with van der Waals surface area (Å²) in [5, 5.41) is 0. The van der Waals surface area contributed by atoms with Crippen LogP contribution in [0.5, 0.6) is 0 Å². The van der Waals surface area contributed by atoms with Gasteiger partial charge in [-0.2, -0.15) is 26.3 Å². The van der Waals surface area contributed by atoms with Gasteiger partial charge in [0, 0.05) is 12.0 Å². The fourth-order valence-electron chi connectivity index (χ4n) is 2.66. The van der Waals surface area contributed by atoms with Crippen molar-refractivity contribution in [2.75, 3.05) is 0 Å². The van der Waals surface area contributed by atoms with Gasteiger partial charge in [0.05, 0.1) is 23.0 Å². The van der Waals surface area contributed by atoms with Crippen LogP contribution in [0.15, 0.2) is 48.7 Å². The Morgan fingerprint density at radius 1 is 0.786 bits per heavy atom. The van der Waals surface area contributed by atoms with Gasteiger partial charge in [-0.1, -0.05) is 12.1 Å². The highest BCUT2D eigenvalue weighted by atomic mass is 19.4. The topological polar surface area (TPSA) is 28.7 Å². The zero-order valence-electron chi connectivity index (χ0n) is 14.1. The molecule has 0 unspecified atom stereocenters. The molecule has 9 heteroatoms. The van der Waals surface area contributed by atoms with Crippen molar-refractivity contribution in [2.45, 2.75) is 25.2 Å². The number of benzene rings is 2. The maximum absolute atomic E-state index is 13.0. The van der Waals surface area contributed by atoms with Crippen LogP contribution >= 0.6 is 0 Å². The highest BCUT2D eigenvalue weighted by molar-refractivity contribution is 5.61. The summed E-state index contributed by atoms with van der Waals surface area (Å²) in [6, 6.07) is 7.13. The molecule has 3 aromatic rings. The lowest BCUT2D eigenvalue weighted by Crippen LogP contribution is -2.11. The molecule has 28 heavy (non-hydrogen) atoms. The number of aromatic amines is 1. The molecule has 1 N–H and O–H groups in total. The Morgan fingerprint density at radius 2 is 1.36 bits per heavy atom.